The van der Waals surface area contributed by atoms with Gasteiger partial charge < -0.3 is 14.3 Å². The number of rotatable bonds is 6. The van der Waals surface area contributed by atoms with Gasteiger partial charge in [0.2, 0.25) is 5.76 Å². The number of benzene rings is 1. The molecule has 3 aromatic rings. The first-order valence-electron chi connectivity index (χ1n) is 8.14. The molecule has 0 spiro atoms. The summed E-state index contributed by atoms with van der Waals surface area (Å²) >= 11 is 0. The highest BCUT2D eigenvalue weighted by molar-refractivity contribution is 5.91. The number of hydrogen-bond donors (Lipinski definition) is 1. The Bertz CT molecular complexity index is 848. The molecule has 6 heteroatoms. The molecule has 0 saturated heterocycles. The number of nitrogens with zero attached hydrogens (tertiary/aromatic N) is 2. The van der Waals surface area contributed by atoms with Crippen LogP contribution in [-0.4, -0.2) is 22.6 Å². The first-order valence-corrected chi connectivity index (χ1v) is 8.14. The van der Waals surface area contributed by atoms with Gasteiger partial charge in [-0.3, -0.25) is 4.79 Å². The van der Waals surface area contributed by atoms with Crippen LogP contribution < -0.4 is 5.32 Å². The smallest absolute Gasteiger partial charge is 0.289 e. The Kier molecular flexibility index (Phi) is 4.64. The van der Waals surface area contributed by atoms with E-state index >= 15 is 0 Å². The van der Waals surface area contributed by atoms with E-state index in [0.29, 0.717) is 18.9 Å². The SMILES string of the molecule is Cc1ccc2nc(CCCNC(=O)c3cc(C(C)C)no3)oc2c1. The molecule has 0 radical (unpaired) electrons. The monoisotopic (exact) mass is 327 g/mol. The topological polar surface area (TPSA) is 81.2 Å². The van der Waals surface area contributed by atoms with Gasteiger partial charge >= 0.3 is 0 Å². The number of aryl methyl sites for hydroxylation is 2. The molecule has 0 bridgehead atoms. The Morgan fingerprint density at radius 2 is 2.12 bits per heavy atom. The van der Waals surface area contributed by atoms with Crippen LogP contribution in [0.5, 0.6) is 0 Å². The second kappa shape index (κ2) is 6.86. The zero-order valence-electron chi connectivity index (χ0n) is 14.1. The number of carbonyl (C=O) groups is 1. The van der Waals surface area contributed by atoms with Gasteiger partial charge in [-0.2, -0.15) is 0 Å². The second-order valence-corrected chi connectivity index (χ2v) is 6.21. The van der Waals surface area contributed by atoms with Gasteiger partial charge in [0.1, 0.15) is 5.52 Å². The molecule has 1 N–H and O–H groups in total. The van der Waals surface area contributed by atoms with Crippen molar-refractivity contribution >= 4 is 17.0 Å². The average molecular weight is 327 g/mol. The number of carbonyl (C=O) groups excluding carboxylic acids is 1. The van der Waals surface area contributed by atoms with Gasteiger partial charge in [0.05, 0.1) is 5.69 Å². The van der Waals surface area contributed by atoms with E-state index in [0.717, 1.165) is 28.8 Å². The van der Waals surface area contributed by atoms with Crippen molar-refractivity contribution in [1.82, 2.24) is 15.5 Å². The molecule has 1 aromatic carbocycles. The van der Waals surface area contributed by atoms with Gasteiger partial charge in [-0.05, 0) is 37.0 Å². The van der Waals surface area contributed by atoms with Crippen molar-refractivity contribution in [2.75, 3.05) is 6.54 Å². The molecule has 0 aliphatic heterocycles. The van der Waals surface area contributed by atoms with Gasteiger partial charge in [0, 0.05) is 19.0 Å². The van der Waals surface area contributed by atoms with E-state index in [1.807, 2.05) is 39.0 Å². The molecule has 2 aromatic heterocycles. The molecule has 0 atom stereocenters. The molecule has 6 nitrogen and oxygen atoms in total. The molecule has 24 heavy (non-hydrogen) atoms. The molecule has 0 saturated carbocycles. The Morgan fingerprint density at radius 3 is 2.88 bits per heavy atom. The van der Waals surface area contributed by atoms with E-state index in [4.69, 9.17) is 8.94 Å². The van der Waals surface area contributed by atoms with Crippen LogP contribution in [0.4, 0.5) is 0 Å². The minimum Gasteiger partial charge on any atom is -0.441 e. The lowest BCUT2D eigenvalue weighted by Gasteiger charge is -2.00. The summed E-state index contributed by atoms with van der Waals surface area (Å²) in [7, 11) is 0. The fourth-order valence-corrected chi connectivity index (χ4v) is 2.38. The number of oxazole rings is 1. The third-order valence-electron chi connectivity index (χ3n) is 3.78. The summed E-state index contributed by atoms with van der Waals surface area (Å²) in [6.07, 6.45) is 1.41. The lowest BCUT2D eigenvalue weighted by Crippen LogP contribution is -2.24. The largest absolute Gasteiger partial charge is 0.441 e. The fourth-order valence-electron chi connectivity index (χ4n) is 2.38. The lowest BCUT2D eigenvalue weighted by molar-refractivity contribution is 0.0916. The van der Waals surface area contributed by atoms with Gasteiger partial charge in [-0.1, -0.05) is 25.1 Å². The number of hydrogen-bond acceptors (Lipinski definition) is 5. The molecule has 3 rings (SSSR count). The van der Waals surface area contributed by atoms with Crippen molar-refractivity contribution in [1.29, 1.82) is 0 Å². The van der Waals surface area contributed by atoms with Gasteiger partial charge in [-0.15, -0.1) is 0 Å². The van der Waals surface area contributed by atoms with Crippen LogP contribution in [0, 0.1) is 6.92 Å². The molecule has 0 fully saturated rings. The number of aromatic nitrogens is 2. The van der Waals surface area contributed by atoms with Crippen molar-refractivity contribution in [2.24, 2.45) is 0 Å². The Morgan fingerprint density at radius 1 is 1.29 bits per heavy atom. The van der Waals surface area contributed by atoms with E-state index < -0.39 is 0 Å². The van der Waals surface area contributed by atoms with E-state index in [1.165, 1.54) is 0 Å². The molecule has 126 valence electrons. The molecular formula is C18H21N3O3. The summed E-state index contributed by atoms with van der Waals surface area (Å²) in [6, 6.07) is 7.63. The summed E-state index contributed by atoms with van der Waals surface area (Å²) < 4.78 is 10.8. The summed E-state index contributed by atoms with van der Waals surface area (Å²) in [6.45, 7) is 6.54. The Labute approximate surface area is 140 Å². The zero-order valence-corrected chi connectivity index (χ0v) is 14.1. The highest BCUT2D eigenvalue weighted by Crippen LogP contribution is 2.18. The summed E-state index contributed by atoms with van der Waals surface area (Å²) in [5.41, 5.74) is 3.59. The molecule has 0 aliphatic carbocycles. The lowest BCUT2D eigenvalue weighted by atomic mass is 10.1. The molecule has 0 aliphatic rings. The normalized spacial score (nSPS) is 11.3. The van der Waals surface area contributed by atoms with Crippen LogP contribution in [0.1, 0.15) is 53.9 Å². The highest BCUT2D eigenvalue weighted by atomic mass is 16.5. The fraction of sp³-hybridized carbons (Fsp3) is 0.389. The molecule has 2 heterocycles. The van der Waals surface area contributed by atoms with E-state index in [1.54, 1.807) is 6.07 Å². The van der Waals surface area contributed by atoms with E-state index in [9.17, 15) is 4.79 Å². The minimum atomic E-state index is -0.248. The van der Waals surface area contributed by atoms with Crippen LogP contribution in [0.3, 0.4) is 0 Å². The third kappa shape index (κ3) is 3.64. The number of nitrogens with one attached hydrogen (secondary N) is 1. The van der Waals surface area contributed by atoms with Gasteiger partial charge in [0.25, 0.3) is 5.91 Å². The van der Waals surface area contributed by atoms with Gasteiger partial charge in [0.15, 0.2) is 11.5 Å². The number of fused-ring (bicyclic) bond motifs is 1. The van der Waals surface area contributed by atoms with Crippen LogP contribution in [0.15, 0.2) is 33.2 Å². The second-order valence-electron chi connectivity index (χ2n) is 6.21. The molecular weight excluding hydrogens is 306 g/mol. The predicted octanol–water partition coefficient (Wildman–Crippen LogP) is 3.61. The first kappa shape index (κ1) is 16.2. The maximum atomic E-state index is 12.0. The minimum absolute atomic E-state index is 0.234. The van der Waals surface area contributed by atoms with Crippen LogP contribution in [-0.2, 0) is 6.42 Å². The van der Waals surface area contributed by atoms with Crippen molar-refractivity contribution in [2.45, 2.75) is 39.5 Å². The van der Waals surface area contributed by atoms with E-state index in [-0.39, 0.29) is 17.6 Å². The summed E-state index contributed by atoms with van der Waals surface area (Å²) in [4.78, 5) is 16.4. The van der Waals surface area contributed by atoms with E-state index in [2.05, 4.69) is 15.5 Å². The van der Waals surface area contributed by atoms with Crippen molar-refractivity contribution < 1.29 is 13.7 Å². The molecule has 0 unspecified atom stereocenters. The predicted molar refractivity (Wildman–Crippen MR) is 90.0 cm³/mol. The van der Waals surface area contributed by atoms with Crippen molar-refractivity contribution in [3.8, 4) is 0 Å². The quantitative estimate of drug-likeness (QED) is 0.699. The Balaban J connectivity index is 1.49. The summed E-state index contributed by atoms with van der Waals surface area (Å²) in [5, 5.41) is 6.71. The van der Waals surface area contributed by atoms with Crippen LogP contribution in [0.25, 0.3) is 11.1 Å². The standard InChI is InChI=1S/C18H21N3O3/c1-11(2)14-10-16(24-21-14)18(22)19-8-4-5-17-20-13-7-6-12(3)9-15(13)23-17/h6-7,9-11H,4-5,8H2,1-3H3,(H,19,22). The third-order valence-corrected chi connectivity index (χ3v) is 3.78. The average Bonchev–Trinajstić information content (AvgIpc) is 3.17. The van der Waals surface area contributed by atoms with Crippen LogP contribution in [0.2, 0.25) is 0 Å². The van der Waals surface area contributed by atoms with Crippen molar-refractivity contribution in [3.05, 3.63) is 47.2 Å². The summed E-state index contributed by atoms with van der Waals surface area (Å²) in [5.74, 6) is 0.920. The molecule has 1 amide bonds. The first-order chi connectivity index (χ1) is 11.5. The maximum absolute atomic E-state index is 12.0. The number of amides is 1. The zero-order chi connectivity index (χ0) is 17.1. The van der Waals surface area contributed by atoms with Crippen molar-refractivity contribution in [3.63, 3.8) is 0 Å². The van der Waals surface area contributed by atoms with Crippen LogP contribution >= 0.6 is 0 Å². The highest BCUT2D eigenvalue weighted by Gasteiger charge is 2.14. The maximum Gasteiger partial charge on any atom is 0.289 e. The van der Waals surface area contributed by atoms with Gasteiger partial charge in [-0.25, -0.2) is 4.98 Å². The Hall–Kier alpha value is -2.63.